The molecule has 18 heavy (non-hydrogen) atoms. The van der Waals surface area contributed by atoms with Crippen molar-refractivity contribution in [3.05, 3.63) is 23.8 Å². The molecule has 97 valence electrons. The van der Waals surface area contributed by atoms with Gasteiger partial charge in [0.25, 0.3) is 0 Å². The third-order valence-electron chi connectivity index (χ3n) is 3.46. The van der Waals surface area contributed by atoms with Crippen LogP contribution in [0.3, 0.4) is 0 Å². The number of aliphatic imine (C=N–C) groups is 1. The van der Waals surface area contributed by atoms with Crippen LogP contribution in [-0.4, -0.2) is 5.84 Å². The molecular formula is C16H23N2. The summed E-state index contributed by atoms with van der Waals surface area (Å²) in [6.45, 7) is 4.36. The lowest BCUT2D eigenvalue weighted by atomic mass is 10.1. The Morgan fingerprint density at radius 2 is 1.78 bits per heavy atom. The molecule has 1 aromatic carbocycles. The minimum absolute atomic E-state index is 1.02. The first-order valence-corrected chi connectivity index (χ1v) is 7.20. The van der Waals surface area contributed by atoms with E-state index in [9.17, 15) is 0 Å². The molecule has 0 aromatic heterocycles. The Morgan fingerprint density at radius 1 is 1.00 bits per heavy atom. The Balaban J connectivity index is 1.74. The topological polar surface area (TPSA) is 26.5 Å². The molecule has 0 aliphatic carbocycles. The second-order valence-corrected chi connectivity index (χ2v) is 5.10. The molecule has 1 heterocycles. The first-order valence-electron chi connectivity index (χ1n) is 7.20. The van der Waals surface area contributed by atoms with Crippen LogP contribution in [0, 0.1) is 6.92 Å². The second kappa shape index (κ2) is 6.58. The number of para-hydroxylation sites is 1. The third kappa shape index (κ3) is 3.34. The lowest BCUT2D eigenvalue weighted by Gasteiger charge is -2.01. The van der Waals surface area contributed by atoms with Crippen LogP contribution in [0.25, 0.3) is 0 Å². The predicted octanol–water partition coefficient (Wildman–Crippen LogP) is 5.03. The molecule has 0 fully saturated rings. The van der Waals surface area contributed by atoms with Crippen LogP contribution >= 0.6 is 0 Å². The first-order chi connectivity index (χ1) is 8.81. The maximum Gasteiger partial charge on any atom is 0.129 e. The Hall–Kier alpha value is -1.31. The first kappa shape index (κ1) is 13.1. The van der Waals surface area contributed by atoms with Gasteiger partial charge in [0.15, 0.2) is 0 Å². The summed E-state index contributed by atoms with van der Waals surface area (Å²) in [4.78, 5) is 4.64. The molecular weight excluding hydrogens is 220 g/mol. The van der Waals surface area contributed by atoms with Gasteiger partial charge in [0, 0.05) is 6.42 Å². The van der Waals surface area contributed by atoms with Crippen molar-refractivity contribution in [1.82, 2.24) is 5.32 Å². The molecule has 2 nitrogen and oxygen atoms in total. The molecule has 1 aliphatic heterocycles. The van der Waals surface area contributed by atoms with Crippen LogP contribution in [0.2, 0.25) is 0 Å². The largest absolute Gasteiger partial charge is 0.231 e. The summed E-state index contributed by atoms with van der Waals surface area (Å²) in [5, 5.41) is 4.60. The average Bonchev–Trinajstić information content (AvgIpc) is 2.78. The SMILES string of the molecule is CCCCCCCCC1=Nc2c(C)cccc2[N]1. The van der Waals surface area contributed by atoms with Crippen molar-refractivity contribution in [3.63, 3.8) is 0 Å². The van der Waals surface area contributed by atoms with E-state index in [1.165, 1.54) is 44.1 Å². The van der Waals surface area contributed by atoms with Crippen molar-refractivity contribution in [1.29, 1.82) is 0 Å². The maximum absolute atomic E-state index is 4.64. The lowest BCUT2D eigenvalue weighted by molar-refractivity contribution is 0.614. The van der Waals surface area contributed by atoms with Crippen molar-refractivity contribution in [2.75, 3.05) is 0 Å². The van der Waals surface area contributed by atoms with E-state index >= 15 is 0 Å². The molecule has 2 heteroatoms. The Bertz CT molecular complexity index is 421. The van der Waals surface area contributed by atoms with E-state index in [2.05, 4.69) is 42.4 Å². The molecule has 1 aliphatic rings. The number of hydrogen-bond acceptors (Lipinski definition) is 1. The van der Waals surface area contributed by atoms with Crippen LogP contribution in [0.4, 0.5) is 11.4 Å². The average molecular weight is 243 g/mol. The predicted molar refractivity (Wildman–Crippen MR) is 78.1 cm³/mol. The molecule has 0 saturated carbocycles. The fraction of sp³-hybridized carbons (Fsp3) is 0.562. The molecule has 1 radical (unpaired) electrons. The molecule has 0 amide bonds. The molecule has 2 rings (SSSR count). The highest BCUT2D eigenvalue weighted by atomic mass is 15.1. The lowest BCUT2D eigenvalue weighted by Crippen LogP contribution is -2.05. The van der Waals surface area contributed by atoms with Gasteiger partial charge in [-0.25, -0.2) is 10.3 Å². The van der Waals surface area contributed by atoms with Gasteiger partial charge >= 0.3 is 0 Å². The van der Waals surface area contributed by atoms with E-state index in [1.807, 2.05) is 0 Å². The van der Waals surface area contributed by atoms with Gasteiger partial charge in [-0.2, -0.15) is 0 Å². The minimum atomic E-state index is 1.02. The van der Waals surface area contributed by atoms with Gasteiger partial charge < -0.3 is 0 Å². The highest BCUT2D eigenvalue weighted by molar-refractivity contribution is 5.96. The summed E-state index contributed by atoms with van der Waals surface area (Å²) in [5.41, 5.74) is 3.36. The standard InChI is InChI=1S/C16H23N2/c1-3-4-5-6-7-8-12-15-17-14-11-9-10-13(2)16(14)18-15/h9-11H,3-8,12H2,1-2H3. The quantitative estimate of drug-likeness (QED) is 0.601. The number of benzene rings is 1. The molecule has 0 N–H and O–H groups in total. The third-order valence-corrected chi connectivity index (χ3v) is 3.46. The molecule has 0 spiro atoms. The molecule has 0 unspecified atom stereocenters. The summed E-state index contributed by atoms with van der Waals surface area (Å²) in [6.07, 6.45) is 8.97. The van der Waals surface area contributed by atoms with Gasteiger partial charge in [-0.1, -0.05) is 51.2 Å². The van der Waals surface area contributed by atoms with Crippen LogP contribution in [0.15, 0.2) is 23.2 Å². The monoisotopic (exact) mass is 243 g/mol. The second-order valence-electron chi connectivity index (χ2n) is 5.10. The summed E-state index contributed by atoms with van der Waals surface area (Å²) >= 11 is 0. The highest BCUT2D eigenvalue weighted by Crippen LogP contribution is 2.34. The van der Waals surface area contributed by atoms with Gasteiger partial charge in [-0.3, -0.25) is 0 Å². The van der Waals surface area contributed by atoms with Crippen LogP contribution in [-0.2, 0) is 0 Å². The fourth-order valence-electron chi connectivity index (χ4n) is 2.35. The fourth-order valence-corrected chi connectivity index (χ4v) is 2.35. The van der Waals surface area contributed by atoms with Crippen LogP contribution in [0.5, 0.6) is 0 Å². The Morgan fingerprint density at radius 3 is 2.56 bits per heavy atom. The van der Waals surface area contributed by atoms with E-state index in [-0.39, 0.29) is 0 Å². The molecule has 1 aromatic rings. The number of unbranched alkanes of at least 4 members (excludes halogenated alkanes) is 5. The minimum Gasteiger partial charge on any atom is -0.231 e. The van der Waals surface area contributed by atoms with Gasteiger partial charge in [0.05, 0.1) is 11.4 Å². The highest BCUT2D eigenvalue weighted by Gasteiger charge is 2.16. The maximum atomic E-state index is 4.64. The summed E-state index contributed by atoms with van der Waals surface area (Å²) < 4.78 is 0. The Kier molecular flexibility index (Phi) is 4.80. The molecule has 0 atom stereocenters. The Labute approximate surface area is 111 Å². The zero-order valence-electron chi connectivity index (χ0n) is 11.6. The van der Waals surface area contributed by atoms with E-state index in [4.69, 9.17) is 0 Å². The van der Waals surface area contributed by atoms with E-state index in [0.717, 1.165) is 23.6 Å². The van der Waals surface area contributed by atoms with Crippen LogP contribution < -0.4 is 5.32 Å². The zero-order valence-corrected chi connectivity index (χ0v) is 11.6. The number of hydrogen-bond donors (Lipinski definition) is 0. The van der Waals surface area contributed by atoms with Crippen molar-refractivity contribution in [2.24, 2.45) is 4.99 Å². The van der Waals surface area contributed by atoms with Crippen LogP contribution in [0.1, 0.15) is 57.4 Å². The normalized spacial score (nSPS) is 13.1. The summed E-state index contributed by atoms with van der Waals surface area (Å²) in [6, 6.07) is 6.21. The van der Waals surface area contributed by atoms with Crippen molar-refractivity contribution in [2.45, 2.75) is 58.8 Å². The van der Waals surface area contributed by atoms with Gasteiger partial charge in [-0.05, 0) is 25.0 Å². The number of fused-ring (bicyclic) bond motifs is 1. The molecule has 0 bridgehead atoms. The van der Waals surface area contributed by atoms with Gasteiger partial charge in [-0.15, -0.1) is 0 Å². The van der Waals surface area contributed by atoms with Crippen molar-refractivity contribution >= 4 is 17.2 Å². The number of amidine groups is 1. The van der Waals surface area contributed by atoms with E-state index in [0.29, 0.717) is 0 Å². The summed E-state index contributed by atoms with van der Waals surface area (Å²) in [5.74, 6) is 1.02. The summed E-state index contributed by atoms with van der Waals surface area (Å²) in [7, 11) is 0. The number of rotatable bonds is 7. The van der Waals surface area contributed by atoms with Gasteiger partial charge in [0.1, 0.15) is 5.84 Å². The van der Waals surface area contributed by atoms with E-state index < -0.39 is 0 Å². The van der Waals surface area contributed by atoms with Gasteiger partial charge in [0.2, 0.25) is 0 Å². The van der Waals surface area contributed by atoms with E-state index in [1.54, 1.807) is 0 Å². The van der Waals surface area contributed by atoms with Crippen molar-refractivity contribution < 1.29 is 0 Å². The van der Waals surface area contributed by atoms with Crippen molar-refractivity contribution in [3.8, 4) is 0 Å². The number of aryl methyl sites for hydroxylation is 1. The molecule has 0 saturated heterocycles. The smallest absolute Gasteiger partial charge is 0.129 e. The zero-order chi connectivity index (χ0) is 12.8. The number of nitrogens with zero attached hydrogens (tertiary/aromatic N) is 2.